The molecule has 20 heavy (non-hydrogen) atoms. The van der Waals surface area contributed by atoms with E-state index in [1.807, 2.05) is 13.8 Å². The van der Waals surface area contributed by atoms with Gasteiger partial charge in [-0.3, -0.25) is 9.12 Å². The molecule has 0 aromatic carbocycles. The van der Waals surface area contributed by atoms with Crippen molar-refractivity contribution in [2.75, 3.05) is 12.4 Å². The van der Waals surface area contributed by atoms with Gasteiger partial charge in [0.05, 0.1) is 18.7 Å². The van der Waals surface area contributed by atoms with Crippen molar-refractivity contribution in [2.24, 2.45) is 0 Å². The maximum Gasteiger partial charge on any atom is 0.355 e. The summed E-state index contributed by atoms with van der Waals surface area (Å²) in [7, 11) is -4.03. The molecule has 0 amide bonds. The zero-order valence-electron chi connectivity index (χ0n) is 11.4. The number of allylic oxidation sites excluding steroid dienone is 1. The predicted octanol–water partition coefficient (Wildman–Crippen LogP) is 1.35. The van der Waals surface area contributed by atoms with E-state index in [9.17, 15) is 13.2 Å². The van der Waals surface area contributed by atoms with Crippen LogP contribution in [-0.2, 0) is 19.6 Å². The third-order valence-electron chi connectivity index (χ3n) is 2.67. The van der Waals surface area contributed by atoms with Crippen molar-refractivity contribution in [3.63, 3.8) is 0 Å². The molecule has 0 aliphatic heterocycles. The summed E-state index contributed by atoms with van der Waals surface area (Å²) in [6, 6.07) is 0. The zero-order valence-corrected chi connectivity index (χ0v) is 12.3. The van der Waals surface area contributed by atoms with Gasteiger partial charge in [-0.15, -0.1) is 0 Å². The average Bonchev–Trinajstić information content (AvgIpc) is 2.87. The van der Waals surface area contributed by atoms with Crippen molar-refractivity contribution in [2.45, 2.75) is 26.7 Å². The summed E-state index contributed by atoms with van der Waals surface area (Å²) < 4.78 is 36.3. The SMILES string of the molecule is CC/C(C)=C(\C(=O)OCCCS(=O)(=O)O)n1ccnc1. The Kier molecular flexibility index (Phi) is 5.90. The van der Waals surface area contributed by atoms with Gasteiger partial charge in [-0.1, -0.05) is 6.92 Å². The summed E-state index contributed by atoms with van der Waals surface area (Å²) in [5.74, 6) is -0.977. The van der Waals surface area contributed by atoms with E-state index < -0.39 is 21.8 Å². The Morgan fingerprint density at radius 1 is 1.45 bits per heavy atom. The van der Waals surface area contributed by atoms with E-state index in [-0.39, 0.29) is 13.0 Å². The highest BCUT2D eigenvalue weighted by Gasteiger charge is 2.16. The minimum absolute atomic E-state index is 0.0486. The largest absolute Gasteiger partial charge is 0.461 e. The number of nitrogens with zero attached hydrogens (tertiary/aromatic N) is 2. The van der Waals surface area contributed by atoms with Crippen LogP contribution in [0, 0.1) is 0 Å². The summed E-state index contributed by atoms with van der Waals surface area (Å²) in [6.45, 7) is 3.65. The van der Waals surface area contributed by atoms with Gasteiger partial charge in [0.1, 0.15) is 5.70 Å². The van der Waals surface area contributed by atoms with Crippen molar-refractivity contribution < 1.29 is 22.5 Å². The number of carbonyl (C=O) groups is 1. The monoisotopic (exact) mass is 302 g/mol. The van der Waals surface area contributed by atoms with E-state index in [1.165, 1.54) is 6.33 Å². The second-order valence-corrected chi connectivity index (χ2v) is 5.80. The number of esters is 1. The molecule has 7 nitrogen and oxygen atoms in total. The Morgan fingerprint density at radius 3 is 2.65 bits per heavy atom. The number of carbonyl (C=O) groups excluding carboxylic acids is 1. The number of hydrogen-bond donors (Lipinski definition) is 1. The van der Waals surface area contributed by atoms with Gasteiger partial charge in [0, 0.05) is 12.4 Å². The van der Waals surface area contributed by atoms with Crippen molar-refractivity contribution >= 4 is 21.8 Å². The number of rotatable bonds is 7. The van der Waals surface area contributed by atoms with Crippen molar-refractivity contribution in [3.8, 4) is 0 Å². The van der Waals surface area contributed by atoms with Crippen LogP contribution in [0.1, 0.15) is 26.7 Å². The minimum Gasteiger partial charge on any atom is -0.461 e. The van der Waals surface area contributed by atoms with Gasteiger partial charge in [-0.05, 0) is 25.3 Å². The van der Waals surface area contributed by atoms with Crippen LogP contribution in [-0.4, -0.2) is 40.9 Å². The summed E-state index contributed by atoms with van der Waals surface area (Å²) in [5, 5.41) is 0. The topological polar surface area (TPSA) is 98.5 Å². The first-order valence-electron chi connectivity index (χ1n) is 6.15. The van der Waals surface area contributed by atoms with Crippen molar-refractivity contribution in [1.29, 1.82) is 0 Å². The first kappa shape index (κ1) is 16.4. The summed E-state index contributed by atoms with van der Waals surface area (Å²) in [6.07, 6.45) is 5.40. The van der Waals surface area contributed by atoms with Crippen LogP contribution in [0.2, 0.25) is 0 Å². The van der Waals surface area contributed by atoms with E-state index in [2.05, 4.69) is 4.98 Å². The Labute approximate surface area is 118 Å². The summed E-state index contributed by atoms with van der Waals surface area (Å²) in [4.78, 5) is 15.9. The highest BCUT2D eigenvalue weighted by molar-refractivity contribution is 7.85. The molecule has 0 aliphatic carbocycles. The molecular formula is C12H18N2O5S. The lowest BCUT2D eigenvalue weighted by Gasteiger charge is -2.11. The normalized spacial score (nSPS) is 12.9. The molecule has 0 aliphatic rings. The molecule has 1 heterocycles. The Morgan fingerprint density at radius 2 is 2.15 bits per heavy atom. The van der Waals surface area contributed by atoms with Crippen LogP contribution in [0.15, 0.2) is 24.3 Å². The molecule has 0 saturated heterocycles. The quantitative estimate of drug-likeness (QED) is 0.353. The number of imidazole rings is 1. The number of aromatic nitrogens is 2. The highest BCUT2D eigenvalue weighted by Crippen LogP contribution is 2.15. The first-order valence-corrected chi connectivity index (χ1v) is 7.76. The van der Waals surface area contributed by atoms with E-state index in [1.54, 1.807) is 17.0 Å². The molecular weight excluding hydrogens is 284 g/mol. The lowest BCUT2D eigenvalue weighted by Crippen LogP contribution is -2.15. The lowest BCUT2D eigenvalue weighted by molar-refractivity contribution is -0.137. The van der Waals surface area contributed by atoms with E-state index in [4.69, 9.17) is 9.29 Å². The van der Waals surface area contributed by atoms with Crippen LogP contribution in [0.3, 0.4) is 0 Å². The Bertz CT molecular complexity index is 575. The molecule has 1 rings (SSSR count). The molecule has 1 N–H and O–H groups in total. The van der Waals surface area contributed by atoms with Crippen LogP contribution in [0.4, 0.5) is 0 Å². The van der Waals surface area contributed by atoms with Gasteiger partial charge in [0.15, 0.2) is 0 Å². The van der Waals surface area contributed by atoms with Crippen LogP contribution in [0.5, 0.6) is 0 Å². The maximum absolute atomic E-state index is 12.0. The fourth-order valence-corrected chi connectivity index (χ4v) is 2.02. The lowest BCUT2D eigenvalue weighted by atomic mass is 10.2. The molecule has 1 aromatic heterocycles. The van der Waals surface area contributed by atoms with Crippen LogP contribution < -0.4 is 0 Å². The highest BCUT2D eigenvalue weighted by atomic mass is 32.2. The van der Waals surface area contributed by atoms with Gasteiger partial charge >= 0.3 is 5.97 Å². The standard InChI is InChI=1S/C12H18N2O5S/c1-3-10(2)11(14-6-5-13-9-14)12(15)19-7-4-8-20(16,17)18/h5-6,9H,3-4,7-8H2,1-2H3,(H,16,17,18)/b11-10+. The zero-order chi connectivity index (χ0) is 15.2. The average molecular weight is 302 g/mol. The third kappa shape index (κ3) is 5.14. The molecule has 0 fully saturated rings. The minimum atomic E-state index is -4.03. The van der Waals surface area contributed by atoms with Crippen LogP contribution >= 0.6 is 0 Å². The van der Waals surface area contributed by atoms with Gasteiger partial charge in [0.2, 0.25) is 0 Å². The maximum atomic E-state index is 12.0. The second kappa shape index (κ2) is 7.20. The second-order valence-electron chi connectivity index (χ2n) is 4.23. The molecule has 112 valence electrons. The smallest absolute Gasteiger partial charge is 0.355 e. The Balaban J connectivity index is 2.68. The molecule has 0 bridgehead atoms. The van der Waals surface area contributed by atoms with Crippen molar-refractivity contribution in [3.05, 3.63) is 24.3 Å². The molecule has 0 spiro atoms. The molecule has 8 heteroatoms. The number of hydrogen-bond acceptors (Lipinski definition) is 5. The Hall–Kier alpha value is -1.67. The van der Waals surface area contributed by atoms with E-state index in [0.29, 0.717) is 12.1 Å². The molecule has 0 saturated carbocycles. The van der Waals surface area contributed by atoms with E-state index >= 15 is 0 Å². The van der Waals surface area contributed by atoms with Gasteiger partial charge in [0.25, 0.3) is 10.1 Å². The summed E-state index contributed by atoms with van der Waals surface area (Å²) >= 11 is 0. The molecule has 0 unspecified atom stereocenters. The van der Waals surface area contributed by atoms with E-state index in [0.717, 1.165) is 5.57 Å². The van der Waals surface area contributed by atoms with Gasteiger partial charge in [-0.2, -0.15) is 8.42 Å². The van der Waals surface area contributed by atoms with Gasteiger partial charge in [-0.25, -0.2) is 9.78 Å². The number of ether oxygens (including phenoxy) is 1. The first-order chi connectivity index (χ1) is 9.35. The fourth-order valence-electron chi connectivity index (χ4n) is 1.53. The molecule has 1 aromatic rings. The van der Waals surface area contributed by atoms with Gasteiger partial charge < -0.3 is 4.74 Å². The predicted molar refractivity (Wildman–Crippen MR) is 73.4 cm³/mol. The third-order valence-corrected chi connectivity index (χ3v) is 3.47. The fraction of sp³-hybridized carbons (Fsp3) is 0.500. The molecule has 0 atom stereocenters. The van der Waals surface area contributed by atoms with Crippen molar-refractivity contribution in [1.82, 2.24) is 9.55 Å². The summed E-state index contributed by atoms with van der Waals surface area (Å²) in [5.41, 5.74) is 1.21. The molecule has 0 radical (unpaired) electrons. The van der Waals surface area contributed by atoms with Crippen LogP contribution in [0.25, 0.3) is 5.70 Å².